The smallest absolute Gasteiger partial charge is 0.289 e. The molecule has 4 rings (SSSR count). The lowest BCUT2D eigenvalue weighted by molar-refractivity contribution is 0.0693. The minimum Gasteiger partial charge on any atom is -0.459 e. The van der Waals surface area contributed by atoms with Crippen molar-refractivity contribution in [2.75, 3.05) is 24.5 Å². The number of hydrogen-bond acceptors (Lipinski definition) is 3. The highest BCUT2D eigenvalue weighted by Crippen LogP contribution is 2.34. The van der Waals surface area contributed by atoms with E-state index >= 15 is 0 Å². The minimum absolute atomic E-state index is 0.00519. The Morgan fingerprint density at radius 3 is 2.90 bits per heavy atom. The van der Waals surface area contributed by atoms with Gasteiger partial charge < -0.3 is 14.2 Å². The van der Waals surface area contributed by atoms with Crippen LogP contribution in [0.5, 0.6) is 0 Å². The van der Waals surface area contributed by atoms with Crippen LogP contribution in [0.4, 0.5) is 5.69 Å². The molecule has 1 fully saturated rings. The topological polar surface area (TPSA) is 36.7 Å². The molecule has 20 heavy (non-hydrogen) atoms. The number of carbonyl (C=O) groups is 1. The van der Waals surface area contributed by atoms with Crippen LogP contribution in [0.15, 0.2) is 47.1 Å². The maximum absolute atomic E-state index is 12.3. The summed E-state index contributed by atoms with van der Waals surface area (Å²) in [5.41, 5.74) is 2.73. The first-order chi connectivity index (χ1) is 9.83. The van der Waals surface area contributed by atoms with Gasteiger partial charge in [0.25, 0.3) is 5.91 Å². The fourth-order valence-electron chi connectivity index (χ4n) is 3.31. The molecule has 1 aromatic carbocycles. The van der Waals surface area contributed by atoms with Crippen LogP contribution in [0.3, 0.4) is 0 Å². The molecule has 2 aliphatic rings. The van der Waals surface area contributed by atoms with Crippen molar-refractivity contribution >= 4 is 11.6 Å². The third-order valence-electron chi connectivity index (χ3n) is 4.26. The molecule has 4 nitrogen and oxygen atoms in total. The van der Waals surface area contributed by atoms with Crippen molar-refractivity contribution < 1.29 is 9.21 Å². The predicted molar refractivity (Wildman–Crippen MR) is 75.9 cm³/mol. The average molecular weight is 268 g/mol. The lowest BCUT2D eigenvalue weighted by Crippen LogP contribution is -2.53. The molecule has 0 aliphatic carbocycles. The molecule has 102 valence electrons. The van der Waals surface area contributed by atoms with E-state index in [9.17, 15) is 4.79 Å². The van der Waals surface area contributed by atoms with Gasteiger partial charge in [-0.05, 0) is 30.2 Å². The highest BCUT2D eigenvalue weighted by molar-refractivity contribution is 5.91. The second-order valence-electron chi connectivity index (χ2n) is 5.41. The first-order valence-electron chi connectivity index (χ1n) is 7.00. The molecule has 0 spiro atoms. The van der Waals surface area contributed by atoms with Crippen LogP contribution in [0.25, 0.3) is 0 Å². The molecule has 0 bridgehead atoms. The largest absolute Gasteiger partial charge is 0.459 e. The van der Waals surface area contributed by atoms with Gasteiger partial charge in [-0.25, -0.2) is 0 Å². The molecule has 4 heteroatoms. The molecule has 1 unspecified atom stereocenters. The van der Waals surface area contributed by atoms with Gasteiger partial charge in [0.05, 0.1) is 12.3 Å². The Bertz CT molecular complexity index is 636. The van der Waals surface area contributed by atoms with E-state index in [2.05, 4.69) is 29.2 Å². The first kappa shape index (κ1) is 11.6. The highest BCUT2D eigenvalue weighted by Gasteiger charge is 2.35. The zero-order valence-electron chi connectivity index (χ0n) is 11.2. The fourth-order valence-corrected chi connectivity index (χ4v) is 3.31. The number of nitrogens with zero attached hydrogens (tertiary/aromatic N) is 2. The van der Waals surface area contributed by atoms with Crippen LogP contribution in [0.2, 0.25) is 0 Å². The Hall–Kier alpha value is -2.23. The summed E-state index contributed by atoms with van der Waals surface area (Å²) in [6, 6.07) is 12.4. The maximum Gasteiger partial charge on any atom is 0.289 e. The van der Waals surface area contributed by atoms with Crippen molar-refractivity contribution in [3.05, 3.63) is 54.0 Å². The summed E-state index contributed by atoms with van der Waals surface area (Å²) < 4.78 is 5.22. The third-order valence-corrected chi connectivity index (χ3v) is 4.26. The lowest BCUT2D eigenvalue weighted by Gasteiger charge is -2.38. The molecular formula is C16H16N2O2. The van der Waals surface area contributed by atoms with E-state index < -0.39 is 0 Å². The molecule has 1 aromatic heterocycles. The van der Waals surface area contributed by atoms with Crippen molar-refractivity contribution in [2.45, 2.75) is 12.5 Å². The number of benzene rings is 1. The summed E-state index contributed by atoms with van der Waals surface area (Å²) in [5.74, 6) is 0.444. The molecule has 2 aliphatic heterocycles. The number of hydrogen-bond donors (Lipinski definition) is 0. The standard InChI is InChI=1S/C16H16N2O2/c19-16(15-6-3-9-20-15)17-7-8-18-13(11-17)10-12-4-1-2-5-14(12)18/h1-6,9,13H,7-8,10-11H2. The highest BCUT2D eigenvalue weighted by atomic mass is 16.3. The number of para-hydroxylation sites is 1. The molecular weight excluding hydrogens is 252 g/mol. The monoisotopic (exact) mass is 268 g/mol. The minimum atomic E-state index is 0.00519. The molecule has 0 N–H and O–H groups in total. The van der Waals surface area contributed by atoms with E-state index in [0.717, 1.165) is 26.1 Å². The van der Waals surface area contributed by atoms with Gasteiger partial charge in [0.2, 0.25) is 0 Å². The van der Waals surface area contributed by atoms with Gasteiger partial charge in [0.15, 0.2) is 5.76 Å². The Balaban J connectivity index is 1.54. The normalized spacial score (nSPS) is 20.7. The van der Waals surface area contributed by atoms with Gasteiger partial charge in [-0.15, -0.1) is 0 Å². The van der Waals surface area contributed by atoms with Crippen LogP contribution in [0, 0.1) is 0 Å². The summed E-state index contributed by atoms with van der Waals surface area (Å²) >= 11 is 0. The van der Waals surface area contributed by atoms with Crippen LogP contribution < -0.4 is 4.90 Å². The molecule has 0 saturated carbocycles. The molecule has 2 aromatic rings. The van der Waals surface area contributed by atoms with E-state index in [0.29, 0.717) is 11.8 Å². The number of piperazine rings is 1. The average Bonchev–Trinajstić information content (AvgIpc) is 3.13. The van der Waals surface area contributed by atoms with Crippen molar-refractivity contribution in [1.82, 2.24) is 4.90 Å². The summed E-state index contributed by atoms with van der Waals surface area (Å²) in [4.78, 5) is 16.7. The SMILES string of the molecule is O=C(c1ccco1)N1CCN2c3ccccc3CC2C1. The lowest BCUT2D eigenvalue weighted by atomic mass is 10.1. The van der Waals surface area contributed by atoms with Crippen molar-refractivity contribution in [3.63, 3.8) is 0 Å². The predicted octanol–water partition coefficient (Wildman–Crippen LogP) is 2.17. The van der Waals surface area contributed by atoms with E-state index in [1.807, 2.05) is 4.90 Å². The van der Waals surface area contributed by atoms with Crippen LogP contribution in [-0.4, -0.2) is 36.5 Å². The van der Waals surface area contributed by atoms with Gasteiger partial charge in [-0.1, -0.05) is 18.2 Å². The third kappa shape index (κ3) is 1.72. The summed E-state index contributed by atoms with van der Waals surface area (Å²) in [5, 5.41) is 0. The van der Waals surface area contributed by atoms with E-state index in [1.165, 1.54) is 11.3 Å². The fraction of sp³-hybridized carbons (Fsp3) is 0.312. The van der Waals surface area contributed by atoms with Gasteiger partial charge in [0, 0.05) is 25.3 Å². The van der Waals surface area contributed by atoms with Crippen molar-refractivity contribution in [1.29, 1.82) is 0 Å². The molecule has 1 amide bonds. The van der Waals surface area contributed by atoms with E-state index in [-0.39, 0.29) is 5.91 Å². The zero-order valence-corrected chi connectivity index (χ0v) is 11.2. The quantitative estimate of drug-likeness (QED) is 0.795. The molecule has 3 heterocycles. The second-order valence-corrected chi connectivity index (χ2v) is 5.41. The Morgan fingerprint density at radius 1 is 1.15 bits per heavy atom. The van der Waals surface area contributed by atoms with Crippen molar-refractivity contribution in [3.8, 4) is 0 Å². The number of carbonyl (C=O) groups excluding carboxylic acids is 1. The number of rotatable bonds is 1. The Labute approximate surface area is 117 Å². The number of furan rings is 1. The Morgan fingerprint density at radius 2 is 2.05 bits per heavy atom. The number of amides is 1. The van der Waals surface area contributed by atoms with Gasteiger partial charge in [-0.2, -0.15) is 0 Å². The van der Waals surface area contributed by atoms with Crippen molar-refractivity contribution in [2.24, 2.45) is 0 Å². The number of anilines is 1. The van der Waals surface area contributed by atoms with Crippen LogP contribution in [-0.2, 0) is 6.42 Å². The zero-order chi connectivity index (χ0) is 13.5. The van der Waals surface area contributed by atoms with Crippen LogP contribution >= 0.6 is 0 Å². The summed E-state index contributed by atoms with van der Waals surface area (Å²) in [6.45, 7) is 2.42. The molecule has 0 radical (unpaired) electrons. The molecule has 1 atom stereocenters. The van der Waals surface area contributed by atoms with E-state index in [4.69, 9.17) is 4.42 Å². The molecule has 1 saturated heterocycles. The van der Waals surface area contributed by atoms with Gasteiger partial charge in [-0.3, -0.25) is 4.79 Å². The second kappa shape index (κ2) is 4.40. The first-order valence-corrected chi connectivity index (χ1v) is 7.00. The van der Waals surface area contributed by atoms with Crippen LogP contribution in [0.1, 0.15) is 16.1 Å². The summed E-state index contributed by atoms with van der Waals surface area (Å²) in [7, 11) is 0. The summed E-state index contributed by atoms with van der Waals surface area (Å²) in [6.07, 6.45) is 2.58. The van der Waals surface area contributed by atoms with Gasteiger partial charge in [0.1, 0.15) is 0 Å². The Kier molecular flexibility index (Phi) is 2.55. The van der Waals surface area contributed by atoms with E-state index in [1.54, 1.807) is 18.4 Å². The number of fused-ring (bicyclic) bond motifs is 3. The van der Waals surface area contributed by atoms with Gasteiger partial charge >= 0.3 is 0 Å². The maximum atomic E-state index is 12.3.